The Hall–Kier alpha value is -1.80. The average Bonchev–Trinajstić information content (AvgIpc) is 3.17. The van der Waals surface area contributed by atoms with Gasteiger partial charge in [-0.25, -0.2) is 0 Å². The lowest BCUT2D eigenvalue weighted by Crippen LogP contribution is -2.43. The first-order chi connectivity index (χ1) is 13.6. The predicted molar refractivity (Wildman–Crippen MR) is 113 cm³/mol. The van der Waals surface area contributed by atoms with Gasteiger partial charge < -0.3 is 20.7 Å². The van der Waals surface area contributed by atoms with Gasteiger partial charge in [0.25, 0.3) is 0 Å². The number of carbonyl (C=O) groups excluding carboxylic acids is 1. The van der Waals surface area contributed by atoms with Crippen LogP contribution in [0, 0.1) is 0 Å². The third-order valence-corrected chi connectivity index (χ3v) is 7.14. The summed E-state index contributed by atoms with van der Waals surface area (Å²) < 4.78 is 0. The van der Waals surface area contributed by atoms with Crippen LogP contribution >= 0.6 is 11.8 Å². The van der Waals surface area contributed by atoms with Gasteiger partial charge in [0, 0.05) is 24.5 Å². The molecule has 4 rings (SSSR count). The molecule has 0 saturated carbocycles. The monoisotopic (exact) mass is 396 g/mol. The van der Waals surface area contributed by atoms with Crippen LogP contribution in [0.5, 0.6) is 0 Å². The summed E-state index contributed by atoms with van der Waals surface area (Å²) in [6.45, 7) is 2.08. The van der Waals surface area contributed by atoms with Gasteiger partial charge in [-0.2, -0.15) is 0 Å². The van der Waals surface area contributed by atoms with Crippen molar-refractivity contribution >= 4 is 30.3 Å². The molecule has 1 atom stereocenters. The van der Waals surface area contributed by atoms with Crippen LogP contribution in [0.15, 0.2) is 47.4 Å². The first kappa shape index (κ1) is 19.5. The molecule has 1 fully saturated rings. The maximum absolute atomic E-state index is 13.1. The molecule has 28 heavy (non-hydrogen) atoms. The average molecular weight is 396 g/mol. The van der Waals surface area contributed by atoms with Crippen molar-refractivity contribution in [1.82, 2.24) is 4.90 Å². The third-order valence-electron chi connectivity index (χ3n) is 5.85. The second kappa shape index (κ2) is 8.29. The number of rotatable bonds is 4. The van der Waals surface area contributed by atoms with Crippen molar-refractivity contribution in [1.29, 1.82) is 0 Å². The second-order valence-corrected chi connectivity index (χ2v) is 8.80. The van der Waals surface area contributed by atoms with E-state index in [0.29, 0.717) is 24.3 Å². The zero-order chi connectivity index (χ0) is 19.7. The lowest BCUT2D eigenvalue weighted by atomic mass is 9.76. The first-order valence-electron chi connectivity index (χ1n) is 9.79. The summed E-state index contributed by atoms with van der Waals surface area (Å²) >= 11 is 1.54. The number of carbonyl (C=O) groups is 1. The molecule has 2 aliphatic rings. The molecule has 0 bridgehead atoms. The quantitative estimate of drug-likeness (QED) is 0.678. The maximum atomic E-state index is 13.1. The minimum atomic E-state index is -1.50. The molecule has 7 heteroatoms. The van der Waals surface area contributed by atoms with Gasteiger partial charge in [0.15, 0.2) is 0 Å². The number of benzene rings is 2. The van der Waals surface area contributed by atoms with Crippen LogP contribution in [-0.2, 0) is 17.8 Å². The zero-order valence-corrected chi connectivity index (χ0v) is 16.6. The van der Waals surface area contributed by atoms with Gasteiger partial charge in [-0.1, -0.05) is 36.4 Å². The van der Waals surface area contributed by atoms with Crippen LogP contribution in [0.4, 0.5) is 0 Å². The standard InChI is InChI=1S/C21H25BN2O3S/c23-13-14-3-1-4-16(11-14)15-7-9-24(10-8-15)21(25)20-12-17-18(22(26)27)5-2-6-19(17)28-20/h1-6,11,15,20,26-27H,7-10,12-13,23H2. The van der Waals surface area contributed by atoms with Gasteiger partial charge in [-0.15, -0.1) is 11.8 Å². The molecule has 0 aromatic heterocycles. The molecule has 1 saturated heterocycles. The molecule has 4 N–H and O–H groups in total. The molecule has 0 radical (unpaired) electrons. The molecule has 1 unspecified atom stereocenters. The van der Waals surface area contributed by atoms with E-state index in [9.17, 15) is 14.8 Å². The van der Waals surface area contributed by atoms with E-state index < -0.39 is 7.12 Å². The number of fused-ring (bicyclic) bond motifs is 1. The van der Waals surface area contributed by atoms with Crippen molar-refractivity contribution < 1.29 is 14.8 Å². The Morgan fingerprint density at radius 1 is 1.18 bits per heavy atom. The minimum Gasteiger partial charge on any atom is -0.423 e. The fourth-order valence-electron chi connectivity index (χ4n) is 4.28. The smallest absolute Gasteiger partial charge is 0.423 e. The summed E-state index contributed by atoms with van der Waals surface area (Å²) in [5.41, 5.74) is 9.64. The van der Waals surface area contributed by atoms with Crippen LogP contribution in [0.1, 0.15) is 35.4 Å². The normalized spacial score (nSPS) is 19.5. The van der Waals surface area contributed by atoms with Crippen molar-refractivity contribution in [3.8, 4) is 0 Å². The highest BCUT2D eigenvalue weighted by molar-refractivity contribution is 8.01. The Kier molecular flexibility index (Phi) is 5.78. The molecule has 2 aromatic carbocycles. The van der Waals surface area contributed by atoms with Crippen molar-refractivity contribution in [2.75, 3.05) is 13.1 Å². The largest absolute Gasteiger partial charge is 0.488 e. The van der Waals surface area contributed by atoms with Crippen LogP contribution in [0.25, 0.3) is 0 Å². The SMILES string of the molecule is NCc1cccc(C2CCN(C(=O)C3Cc4c(cccc4B(O)O)S3)CC2)c1. The van der Waals surface area contributed by atoms with Gasteiger partial charge in [0.2, 0.25) is 5.91 Å². The number of likely N-dealkylation sites (tertiary alicyclic amines) is 1. The fourth-order valence-corrected chi connectivity index (χ4v) is 5.59. The molecule has 5 nitrogen and oxygen atoms in total. The molecular formula is C21H25BN2O3S. The number of hydrogen-bond acceptors (Lipinski definition) is 5. The van der Waals surface area contributed by atoms with Crippen molar-refractivity contribution in [3.05, 3.63) is 59.2 Å². The van der Waals surface area contributed by atoms with Gasteiger partial charge >= 0.3 is 7.12 Å². The Labute approximate surface area is 170 Å². The summed E-state index contributed by atoms with van der Waals surface area (Å²) in [4.78, 5) is 16.0. The van der Waals surface area contributed by atoms with E-state index in [4.69, 9.17) is 5.73 Å². The summed E-state index contributed by atoms with van der Waals surface area (Å²) in [6.07, 6.45) is 2.49. The molecule has 2 aliphatic heterocycles. The number of thioether (sulfide) groups is 1. The highest BCUT2D eigenvalue weighted by Gasteiger charge is 2.35. The van der Waals surface area contributed by atoms with Crippen LogP contribution in [0.3, 0.4) is 0 Å². The van der Waals surface area contributed by atoms with E-state index in [1.807, 2.05) is 17.0 Å². The van der Waals surface area contributed by atoms with E-state index in [1.165, 1.54) is 5.56 Å². The summed E-state index contributed by atoms with van der Waals surface area (Å²) in [7, 11) is -1.50. The maximum Gasteiger partial charge on any atom is 0.488 e. The number of amides is 1. The van der Waals surface area contributed by atoms with Crippen molar-refractivity contribution in [2.45, 2.75) is 41.9 Å². The van der Waals surface area contributed by atoms with Crippen LogP contribution in [-0.4, -0.2) is 46.3 Å². The summed E-state index contributed by atoms with van der Waals surface area (Å²) in [5.74, 6) is 0.633. The van der Waals surface area contributed by atoms with Gasteiger partial charge in [0.05, 0.1) is 5.25 Å². The van der Waals surface area contributed by atoms with Crippen molar-refractivity contribution in [2.24, 2.45) is 5.73 Å². The lowest BCUT2D eigenvalue weighted by molar-refractivity contribution is -0.131. The van der Waals surface area contributed by atoms with E-state index in [1.54, 1.807) is 17.8 Å². The fraction of sp³-hybridized carbons (Fsp3) is 0.381. The Balaban J connectivity index is 1.39. The first-order valence-corrected chi connectivity index (χ1v) is 10.7. The van der Waals surface area contributed by atoms with Crippen molar-refractivity contribution in [3.63, 3.8) is 0 Å². The highest BCUT2D eigenvalue weighted by atomic mass is 32.2. The van der Waals surface area contributed by atoms with Gasteiger partial charge in [-0.05, 0) is 53.4 Å². The second-order valence-electron chi connectivity index (χ2n) is 7.56. The number of hydrogen-bond donors (Lipinski definition) is 3. The molecule has 1 amide bonds. The molecule has 2 aromatic rings. The Morgan fingerprint density at radius 3 is 2.64 bits per heavy atom. The van der Waals surface area contributed by atoms with E-state index in [2.05, 4.69) is 24.3 Å². The Morgan fingerprint density at radius 2 is 1.93 bits per heavy atom. The zero-order valence-electron chi connectivity index (χ0n) is 15.8. The van der Waals surface area contributed by atoms with E-state index >= 15 is 0 Å². The van der Waals surface area contributed by atoms with E-state index in [0.717, 1.165) is 42.0 Å². The van der Waals surface area contributed by atoms with Crippen LogP contribution < -0.4 is 11.2 Å². The molecule has 0 aliphatic carbocycles. The minimum absolute atomic E-state index is 0.161. The number of nitrogens with zero attached hydrogens (tertiary/aromatic N) is 1. The lowest BCUT2D eigenvalue weighted by Gasteiger charge is -2.33. The number of piperidine rings is 1. The van der Waals surface area contributed by atoms with Gasteiger partial charge in [0.1, 0.15) is 0 Å². The molecule has 0 spiro atoms. The predicted octanol–water partition coefficient (Wildman–Crippen LogP) is 1.25. The van der Waals surface area contributed by atoms with Crippen LogP contribution in [0.2, 0.25) is 0 Å². The molecule has 2 heterocycles. The van der Waals surface area contributed by atoms with E-state index in [-0.39, 0.29) is 11.2 Å². The third kappa shape index (κ3) is 3.85. The topological polar surface area (TPSA) is 86.8 Å². The highest BCUT2D eigenvalue weighted by Crippen LogP contribution is 2.38. The molecular weight excluding hydrogens is 371 g/mol. The molecule has 146 valence electrons. The number of nitrogens with two attached hydrogens (primary N) is 1. The summed E-state index contributed by atoms with van der Waals surface area (Å²) in [6, 6.07) is 13.9. The summed E-state index contributed by atoms with van der Waals surface area (Å²) in [5, 5.41) is 19.0. The Bertz CT molecular complexity index is 868. The van der Waals surface area contributed by atoms with Gasteiger partial charge in [-0.3, -0.25) is 4.79 Å².